The summed E-state index contributed by atoms with van der Waals surface area (Å²) in [5.74, 6) is -0.0905. The van der Waals surface area contributed by atoms with E-state index in [0.717, 1.165) is 22.7 Å². The lowest BCUT2D eigenvalue weighted by atomic mass is 9.87. The van der Waals surface area contributed by atoms with Crippen molar-refractivity contribution < 1.29 is 14.3 Å². The van der Waals surface area contributed by atoms with Gasteiger partial charge < -0.3 is 9.64 Å². The smallest absolute Gasteiger partial charge is 0.274 e. The van der Waals surface area contributed by atoms with Gasteiger partial charge >= 0.3 is 0 Å². The molecule has 5 nitrogen and oxygen atoms in total. The number of aryl methyl sites for hydroxylation is 2. The van der Waals surface area contributed by atoms with Crippen molar-refractivity contribution in [3.8, 4) is 0 Å². The largest absolute Gasteiger partial charge is 0.367 e. The first-order valence-electron chi connectivity index (χ1n) is 6.92. The van der Waals surface area contributed by atoms with E-state index in [4.69, 9.17) is 4.74 Å². The van der Waals surface area contributed by atoms with Crippen LogP contribution in [0.4, 0.5) is 0 Å². The lowest BCUT2D eigenvalue weighted by molar-refractivity contribution is -0.144. The Balaban J connectivity index is 1.75. The van der Waals surface area contributed by atoms with Gasteiger partial charge in [-0.15, -0.1) is 11.3 Å². The topological polar surface area (TPSA) is 59.5 Å². The molecule has 0 aliphatic carbocycles. The standard InChI is InChI=1S/C14H18N2O3S/c1-9-12(15-10(2)20-9)13(18)16-6-5-14(11(17)8-16)4-3-7-19-14/h3-8H2,1-2H3. The van der Waals surface area contributed by atoms with Crippen molar-refractivity contribution in [2.24, 2.45) is 0 Å². The maximum atomic E-state index is 12.5. The van der Waals surface area contributed by atoms with Gasteiger partial charge in [-0.2, -0.15) is 0 Å². The van der Waals surface area contributed by atoms with E-state index < -0.39 is 5.60 Å². The Hall–Kier alpha value is -1.27. The lowest BCUT2D eigenvalue weighted by Gasteiger charge is -2.36. The number of ether oxygens (including phenoxy) is 1. The van der Waals surface area contributed by atoms with Crippen LogP contribution in [0.2, 0.25) is 0 Å². The third-order valence-electron chi connectivity index (χ3n) is 4.12. The fourth-order valence-electron chi connectivity index (χ4n) is 3.02. The maximum Gasteiger partial charge on any atom is 0.274 e. The summed E-state index contributed by atoms with van der Waals surface area (Å²) < 4.78 is 5.65. The van der Waals surface area contributed by atoms with Crippen LogP contribution in [0.25, 0.3) is 0 Å². The monoisotopic (exact) mass is 294 g/mol. The van der Waals surface area contributed by atoms with Crippen molar-refractivity contribution in [3.63, 3.8) is 0 Å². The number of hydrogen-bond acceptors (Lipinski definition) is 5. The SMILES string of the molecule is Cc1nc(C(=O)N2CCC3(CCCO3)C(=O)C2)c(C)s1. The van der Waals surface area contributed by atoms with E-state index in [9.17, 15) is 9.59 Å². The van der Waals surface area contributed by atoms with Crippen LogP contribution in [-0.4, -0.2) is 46.9 Å². The Labute approximate surface area is 121 Å². The van der Waals surface area contributed by atoms with E-state index in [1.165, 1.54) is 11.3 Å². The molecule has 2 fully saturated rings. The van der Waals surface area contributed by atoms with E-state index in [-0.39, 0.29) is 18.2 Å². The Morgan fingerprint density at radius 2 is 2.20 bits per heavy atom. The number of carbonyl (C=O) groups is 2. The number of amides is 1. The molecule has 1 spiro atoms. The van der Waals surface area contributed by atoms with Gasteiger partial charge in [-0.25, -0.2) is 4.98 Å². The van der Waals surface area contributed by atoms with Gasteiger partial charge in [-0.05, 0) is 26.7 Å². The van der Waals surface area contributed by atoms with Crippen LogP contribution in [0, 0.1) is 13.8 Å². The minimum Gasteiger partial charge on any atom is -0.367 e. The second kappa shape index (κ2) is 4.93. The average molecular weight is 294 g/mol. The number of piperidine rings is 1. The number of carbonyl (C=O) groups excluding carboxylic acids is 2. The van der Waals surface area contributed by atoms with Gasteiger partial charge in [0.2, 0.25) is 0 Å². The predicted molar refractivity (Wildman–Crippen MR) is 75.0 cm³/mol. The summed E-state index contributed by atoms with van der Waals surface area (Å²) in [7, 11) is 0. The van der Waals surface area contributed by atoms with E-state index >= 15 is 0 Å². The van der Waals surface area contributed by atoms with Gasteiger partial charge in [0.25, 0.3) is 5.91 Å². The fourth-order valence-corrected chi connectivity index (χ4v) is 3.83. The molecule has 20 heavy (non-hydrogen) atoms. The molecule has 0 aromatic carbocycles. The summed E-state index contributed by atoms with van der Waals surface area (Å²) >= 11 is 1.51. The normalized spacial score (nSPS) is 26.5. The van der Waals surface area contributed by atoms with Gasteiger partial charge in [-0.3, -0.25) is 9.59 Å². The molecule has 2 saturated heterocycles. The molecule has 0 radical (unpaired) electrons. The molecule has 1 amide bonds. The summed E-state index contributed by atoms with van der Waals surface area (Å²) in [5.41, 5.74) is -0.118. The molecule has 6 heteroatoms. The highest BCUT2D eigenvalue weighted by molar-refractivity contribution is 7.11. The van der Waals surface area contributed by atoms with Crippen LogP contribution in [0.15, 0.2) is 0 Å². The number of hydrogen-bond donors (Lipinski definition) is 0. The first kappa shape index (κ1) is 13.7. The van der Waals surface area contributed by atoms with Crippen molar-refractivity contribution in [2.75, 3.05) is 19.7 Å². The first-order valence-corrected chi connectivity index (χ1v) is 7.74. The maximum absolute atomic E-state index is 12.5. The second-order valence-electron chi connectivity index (χ2n) is 5.48. The minimum atomic E-state index is -0.607. The van der Waals surface area contributed by atoms with Gasteiger partial charge in [0.1, 0.15) is 11.3 Å². The molecule has 0 bridgehead atoms. The van der Waals surface area contributed by atoms with E-state index in [1.807, 2.05) is 13.8 Å². The Bertz CT molecular complexity index is 561. The third-order valence-corrected chi connectivity index (χ3v) is 5.01. The molecular weight excluding hydrogens is 276 g/mol. The number of nitrogens with zero attached hydrogens (tertiary/aromatic N) is 2. The summed E-state index contributed by atoms with van der Waals surface area (Å²) in [5, 5.41) is 0.879. The highest BCUT2D eigenvalue weighted by Crippen LogP contribution is 2.34. The minimum absolute atomic E-state index is 0.0409. The van der Waals surface area contributed by atoms with Crippen LogP contribution in [0.3, 0.4) is 0 Å². The van der Waals surface area contributed by atoms with Gasteiger partial charge in [0, 0.05) is 24.4 Å². The van der Waals surface area contributed by atoms with Crippen molar-refractivity contribution in [2.45, 2.75) is 38.7 Å². The van der Waals surface area contributed by atoms with E-state index in [2.05, 4.69) is 4.98 Å². The van der Waals surface area contributed by atoms with Crippen LogP contribution in [0.5, 0.6) is 0 Å². The number of thiazole rings is 1. The molecule has 2 aliphatic rings. The number of likely N-dealkylation sites (tertiary alicyclic amines) is 1. The molecule has 108 valence electrons. The highest BCUT2D eigenvalue weighted by atomic mass is 32.1. The fraction of sp³-hybridized carbons (Fsp3) is 0.643. The molecule has 1 atom stereocenters. The van der Waals surface area contributed by atoms with Crippen molar-refractivity contribution in [1.82, 2.24) is 9.88 Å². The zero-order valence-electron chi connectivity index (χ0n) is 11.8. The number of aromatic nitrogens is 1. The molecule has 0 saturated carbocycles. The van der Waals surface area contributed by atoms with Crippen LogP contribution >= 0.6 is 11.3 Å². The number of rotatable bonds is 1. The predicted octanol–water partition coefficient (Wildman–Crippen LogP) is 1.72. The highest BCUT2D eigenvalue weighted by Gasteiger charge is 2.46. The average Bonchev–Trinajstić information content (AvgIpc) is 3.00. The summed E-state index contributed by atoms with van der Waals surface area (Å²) in [6, 6.07) is 0. The summed E-state index contributed by atoms with van der Waals surface area (Å²) in [6.45, 7) is 5.15. The molecular formula is C14H18N2O3S. The Morgan fingerprint density at radius 3 is 2.75 bits per heavy atom. The van der Waals surface area contributed by atoms with E-state index in [0.29, 0.717) is 25.3 Å². The van der Waals surface area contributed by atoms with Crippen LogP contribution in [0.1, 0.15) is 39.6 Å². The van der Waals surface area contributed by atoms with Gasteiger partial charge in [0.15, 0.2) is 5.78 Å². The molecule has 2 aliphatic heterocycles. The lowest BCUT2D eigenvalue weighted by Crippen LogP contribution is -2.53. The van der Waals surface area contributed by atoms with Crippen LogP contribution in [-0.2, 0) is 9.53 Å². The number of ketones is 1. The molecule has 1 unspecified atom stereocenters. The van der Waals surface area contributed by atoms with Gasteiger partial charge in [-0.1, -0.05) is 0 Å². The van der Waals surface area contributed by atoms with Crippen molar-refractivity contribution in [1.29, 1.82) is 0 Å². The second-order valence-corrected chi connectivity index (χ2v) is 6.89. The summed E-state index contributed by atoms with van der Waals surface area (Å²) in [6.07, 6.45) is 2.34. The van der Waals surface area contributed by atoms with E-state index in [1.54, 1.807) is 4.90 Å². The molecule has 1 aromatic rings. The van der Waals surface area contributed by atoms with Crippen molar-refractivity contribution in [3.05, 3.63) is 15.6 Å². The number of Topliss-reactive ketones (excluding diaryl/α,β-unsaturated/α-hetero) is 1. The Morgan fingerprint density at radius 1 is 1.40 bits per heavy atom. The van der Waals surface area contributed by atoms with Crippen LogP contribution < -0.4 is 0 Å². The quantitative estimate of drug-likeness (QED) is 0.791. The zero-order chi connectivity index (χ0) is 14.3. The molecule has 3 rings (SSSR count). The van der Waals surface area contributed by atoms with Gasteiger partial charge in [0.05, 0.1) is 11.6 Å². The summed E-state index contributed by atoms with van der Waals surface area (Å²) in [4.78, 5) is 31.6. The molecule has 1 aromatic heterocycles. The zero-order valence-corrected chi connectivity index (χ0v) is 12.6. The molecule has 3 heterocycles. The Kier molecular flexibility index (Phi) is 3.38. The molecule has 0 N–H and O–H groups in total. The third kappa shape index (κ3) is 2.16. The van der Waals surface area contributed by atoms with Crippen molar-refractivity contribution >= 4 is 23.0 Å². The first-order chi connectivity index (χ1) is 9.52.